The minimum atomic E-state index is -6.72. The van der Waals surface area contributed by atoms with E-state index in [-0.39, 0.29) is 6.09 Å². The molecule has 12 nitrogen and oxygen atoms in total. The average Bonchev–Trinajstić information content (AvgIpc) is 2.92. The fourth-order valence-corrected chi connectivity index (χ4v) is 7.23. The van der Waals surface area contributed by atoms with E-state index in [1.165, 1.54) is 58.2 Å². The molecule has 21 heteroatoms. The molecule has 0 atom stereocenters. The second kappa shape index (κ2) is 20.8. The quantitative estimate of drug-likeness (QED) is 0.0728. The number of amides is 1. The number of alkyl halides is 6. The van der Waals surface area contributed by atoms with Crippen molar-refractivity contribution in [3.63, 3.8) is 0 Å². The number of alkyl carbamates (subject to hydrolysis) is 1. The molecule has 0 heterocycles. The Morgan fingerprint density at radius 3 is 1.43 bits per heavy atom. The van der Waals surface area contributed by atoms with Crippen LogP contribution in [0.2, 0.25) is 6.04 Å². The van der Waals surface area contributed by atoms with Crippen LogP contribution in [0.5, 0.6) is 0 Å². The molecule has 0 spiro atoms. The number of unbranched alkanes of at least 4 members (excludes halogenated alkanes) is 3. The fraction of sp³-hybridized carbons (Fsp3) is 0.957. The Hall–Kier alpha value is -1.23. The third-order valence-electron chi connectivity index (χ3n) is 6.40. The van der Waals surface area contributed by atoms with E-state index in [2.05, 4.69) is 26.1 Å². The topological polar surface area (TPSA) is 148 Å². The maximum Gasteiger partial charge on any atom is 0.500 e. The van der Waals surface area contributed by atoms with Gasteiger partial charge in [0.05, 0.1) is 19.6 Å². The molecule has 0 aromatic carbocycles. The number of carbonyl (C=O) groups excluding carboxylic acids is 1. The van der Waals surface area contributed by atoms with Crippen molar-refractivity contribution < 1.29 is 70.5 Å². The highest BCUT2D eigenvalue weighted by molar-refractivity contribution is 8.13. The summed E-state index contributed by atoms with van der Waals surface area (Å²) in [5, 5.41) is 2.83. The summed E-state index contributed by atoms with van der Waals surface area (Å²) in [6.45, 7) is 12.2. The molecule has 266 valence electrons. The maximum atomic E-state index is 12.1. The molecule has 0 aliphatic rings. The summed E-state index contributed by atoms with van der Waals surface area (Å²) in [4.78, 5) is 12.1. The van der Waals surface area contributed by atoms with Crippen LogP contribution in [0, 0.1) is 0 Å². The number of nitrogens with zero attached hydrogens (tertiary/aromatic N) is 2. The molecule has 1 amide bonds. The minimum Gasteiger partial charge on any atom is -0.444 e. The molecule has 0 aromatic rings. The highest BCUT2D eigenvalue weighted by atomic mass is 32.3. The Morgan fingerprint density at radius 1 is 0.727 bits per heavy atom. The van der Waals surface area contributed by atoms with E-state index in [1.54, 1.807) is 21.3 Å². The van der Waals surface area contributed by atoms with Gasteiger partial charge in [-0.25, -0.2) is 21.6 Å². The van der Waals surface area contributed by atoms with Gasteiger partial charge in [0.25, 0.3) is 0 Å². The molecular weight excluding hydrogens is 668 g/mol. The van der Waals surface area contributed by atoms with Gasteiger partial charge in [-0.2, -0.15) is 26.3 Å². The number of sulfonamides is 2. The molecule has 0 aromatic heterocycles. The number of hydrogen-bond donors (Lipinski definition) is 1. The van der Waals surface area contributed by atoms with E-state index in [9.17, 15) is 48.0 Å². The second-order valence-corrected chi connectivity index (χ2v) is 16.2. The first-order valence-electron chi connectivity index (χ1n) is 14.0. The lowest BCUT2D eigenvalue weighted by molar-refractivity contribution is -0.929. The molecule has 0 saturated heterocycles. The van der Waals surface area contributed by atoms with Crippen molar-refractivity contribution in [3.05, 3.63) is 4.13 Å². The van der Waals surface area contributed by atoms with E-state index in [4.69, 9.17) is 18.0 Å². The lowest BCUT2D eigenvalue weighted by atomic mass is 10.1. The summed E-state index contributed by atoms with van der Waals surface area (Å²) in [5.41, 5.74) is -12.4. The van der Waals surface area contributed by atoms with Crippen LogP contribution in [-0.4, -0.2) is 108 Å². The summed E-state index contributed by atoms with van der Waals surface area (Å²) in [6.07, 6.45) is 7.67. The molecule has 0 bridgehead atoms. The Kier molecular flexibility index (Phi) is 21.2. The van der Waals surface area contributed by atoms with Gasteiger partial charge < -0.3 is 31.9 Å². The zero-order valence-corrected chi connectivity index (χ0v) is 28.7. The van der Waals surface area contributed by atoms with Crippen molar-refractivity contribution in [3.8, 4) is 0 Å². The monoisotopic (exact) mass is 715 g/mol. The van der Waals surface area contributed by atoms with E-state index in [0.29, 0.717) is 19.2 Å². The van der Waals surface area contributed by atoms with Gasteiger partial charge in [0.2, 0.25) is 0 Å². The zero-order valence-electron chi connectivity index (χ0n) is 26.1. The predicted molar refractivity (Wildman–Crippen MR) is 153 cm³/mol. The molecular formula is C23H47F6N3O9S2Si. The van der Waals surface area contributed by atoms with Crippen molar-refractivity contribution in [2.75, 3.05) is 60.7 Å². The Morgan fingerprint density at radius 2 is 1.11 bits per heavy atom. The van der Waals surface area contributed by atoms with Crippen LogP contribution in [0.1, 0.15) is 65.7 Å². The van der Waals surface area contributed by atoms with Gasteiger partial charge in [-0.15, -0.1) is 0 Å². The van der Waals surface area contributed by atoms with Crippen molar-refractivity contribution in [1.82, 2.24) is 5.32 Å². The third kappa shape index (κ3) is 16.9. The third-order valence-corrected chi connectivity index (χ3v) is 12.0. The molecule has 44 heavy (non-hydrogen) atoms. The number of carbonyl (C=O) groups is 1. The lowest BCUT2D eigenvalue weighted by Gasteiger charge is -2.39. The van der Waals surface area contributed by atoms with Crippen LogP contribution in [0.3, 0.4) is 0 Å². The first-order chi connectivity index (χ1) is 20.2. The number of quaternary nitrogens is 1. The SMILES string of the molecule is CCCC[N+](CCCC)(CCCC)CCOC(=O)NCCC[Si](OC)(OC)OC.O=S(=O)([N-]S(=O)(=O)C(F)(F)F)C(F)(F)F. The lowest BCUT2D eigenvalue weighted by Crippen LogP contribution is -2.52. The first kappa shape index (κ1) is 44.9. The number of rotatable bonds is 21. The second-order valence-electron chi connectivity index (χ2n) is 9.67. The molecule has 0 radical (unpaired) electrons. The van der Waals surface area contributed by atoms with Crippen molar-refractivity contribution >= 4 is 34.9 Å². The maximum absolute atomic E-state index is 12.1. The van der Waals surface area contributed by atoms with Gasteiger partial charge in [0.15, 0.2) is 20.0 Å². The molecule has 0 fully saturated rings. The largest absolute Gasteiger partial charge is 0.500 e. The molecule has 0 aliphatic carbocycles. The highest BCUT2D eigenvalue weighted by Gasteiger charge is 2.47. The van der Waals surface area contributed by atoms with Crippen LogP contribution >= 0.6 is 0 Å². The Bertz CT molecular complexity index is 942. The van der Waals surface area contributed by atoms with Gasteiger partial charge in [0.1, 0.15) is 13.2 Å². The number of ether oxygens (including phenoxy) is 1. The summed E-state index contributed by atoms with van der Waals surface area (Å²) in [7, 11) is -11.2. The summed E-state index contributed by atoms with van der Waals surface area (Å²) < 4.78 is 132. The predicted octanol–water partition coefficient (Wildman–Crippen LogP) is 5.26. The normalized spacial score (nSPS) is 13.3. The van der Waals surface area contributed by atoms with Gasteiger partial charge >= 0.3 is 25.9 Å². The standard InChI is InChI=1S/C21H46N2O5Si.C2F6NO4S2/c1-7-10-15-23(16-11-8-2,17-12-9-3)18-19-28-21(24)22-14-13-20-29(25-4,26-5)27-6;3-1(4,5)14(10,11)9-15(12,13)2(6,7)8/h7-20H2,1-6H3;/q;-1/p+1. The molecule has 0 saturated carbocycles. The highest BCUT2D eigenvalue weighted by Crippen LogP contribution is 2.36. The molecule has 0 unspecified atom stereocenters. The fourth-order valence-electron chi connectivity index (χ4n) is 3.80. The Labute approximate surface area is 258 Å². The van der Waals surface area contributed by atoms with Gasteiger partial charge in [-0.1, -0.05) is 40.0 Å². The minimum absolute atomic E-state index is 0.343. The van der Waals surface area contributed by atoms with Crippen LogP contribution in [-0.2, 0) is 38.1 Å². The summed E-state index contributed by atoms with van der Waals surface area (Å²) in [6, 6.07) is 0.655. The van der Waals surface area contributed by atoms with Gasteiger partial charge in [0, 0.05) is 33.9 Å². The van der Waals surface area contributed by atoms with Crippen molar-refractivity contribution in [2.45, 2.75) is 82.8 Å². The van der Waals surface area contributed by atoms with Crippen molar-refractivity contribution in [2.24, 2.45) is 0 Å². The average molecular weight is 716 g/mol. The smallest absolute Gasteiger partial charge is 0.444 e. The molecule has 0 rings (SSSR count). The van der Waals surface area contributed by atoms with Crippen LogP contribution in [0.25, 0.3) is 4.13 Å². The van der Waals surface area contributed by atoms with Crippen LogP contribution in [0.4, 0.5) is 31.1 Å². The number of hydrogen-bond acceptors (Lipinski definition) is 9. The van der Waals surface area contributed by atoms with Gasteiger partial charge in [-0.3, -0.25) is 0 Å². The first-order valence-corrected chi connectivity index (χ1v) is 18.8. The van der Waals surface area contributed by atoms with E-state index in [0.717, 1.165) is 21.6 Å². The van der Waals surface area contributed by atoms with Crippen LogP contribution < -0.4 is 5.32 Å². The summed E-state index contributed by atoms with van der Waals surface area (Å²) in [5.74, 6) is 0. The summed E-state index contributed by atoms with van der Waals surface area (Å²) >= 11 is 0. The molecule has 1 N–H and O–H groups in total. The van der Waals surface area contributed by atoms with E-state index >= 15 is 0 Å². The Balaban J connectivity index is 0. The van der Waals surface area contributed by atoms with Gasteiger partial charge in [-0.05, 0) is 25.7 Å². The van der Waals surface area contributed by atoms with E-state index in [1.807, 2.05) is 0 Å². The van der Waals surface area contributed by atoms with Crippen molar-refractivity contribution in [1.29, 1.82) is 0 Å². The number of halogens is 6. The van der Waals surface area contributed by atoms with Crippen LogP contribution in [0.15, 0.2) is 0 Å². The molecule has 0 aliphatic heterocycles. The van der Waals surface area contributed by atoms with E-state index < -0.39 is 39.9 Å². The number of nitrogens with one attached hydrogen (secondary N) is 1. The zero-order chi connectivity index (χ0) is 34.7.